The quantitative estimate of drug-likeness (QED) is 0.851. The number of nitrogens with one attached hydrogen (secondary N) is 2. The van der Waals surface area contributed by atoms with Gasteiger partial charge >= 0.3 is 0 Å². The lowest BCUT2D eigenvalue weighted by molar-refractivity contribution is -0.121. The molecule has 6 nitrogen and oxygen atoms in total. The molecule has 146 valence electrons. The molecule has 0 radical (unpaired) electrons. The fourth-order valence-corrected chi connectivity index (χ4v) is 3.24. The third kappa shape index (κ3) is 4.94. The maximum absolute atomic E-state index is 13.0. The molecule has 1 aliphatic rings. The van der Waals surface area contributed by atoms with E-state index in [1.54, 1.807) is 29.2 Å². The summed E-state index contributed by atoms with van der Waals surface area (Å²) in [5.74, 6) is -1.01. The van der Waals surface area contributed by atoms with Gasteiger partial charge < -0.3 is 15.5 Å². The number of carbonyl (C=O) groups is 3. The SMILES string of the molecule is CC(=O)Nc1cccc(NC(=O)C2CCN(C(=O)c3ccc(F)cc3)CC2)c1. The molecule has 2 aromatic carbocycles. The van der Waals surface area contributed by atoms with Crippen molar-refractivity contribution in [1.82, 2.24) is 4.90 Å². The number of hydrogen-bond acceptors (Lipinski definition) is 3. The Morgan fingerprint density at radius 2 is 1.57 bits per heavy atom. The van der Waals surface area contributed by atoms with E-state index < -0.39 is 0 Å². The number of anilines is 2. The number of likely N-dealkylation sites (tertiary alicyclic amines) is 1. The molecule has 3 amide bonds. The Balaban J connectivity index is 1.54. The normalized spacial score (nSPS) is 14.4. The maximum atomic E-state index is 13.0. The van der Waals surface area contributed by atoms with E-state index in [1.165, 1.54) is 31.2 Å². The number of hydrogen-bond donors (Lipinski definition) is 2. The molecule has 0 unspecified atom stereocenters. The van der Waals surface area contributed by atoms with Crippen molar-refractivity contribution in [2.24, 2.45) is 5.92 Å². The molecule has 1 fully saturated rings. The average molecular weight is 383 g/mol. The number of piperidine rings is 1. The number of rotatable bonds is 4. The van der Waals surface area contributed by atoms with Gasteiger partial charge in [0.2, 0.25) is 11.8 Å². The van der Waals surface area contributed by atoms with Crippen molar-refractivity contribution in [3.63, 3.8) is 0 Å². The van der Waals surface area contributed by atoms with Crippen molar-refractivity contribution < 1.29 is 18.8 Å². The lowest BCUT2D eigenvalue weighted by atomic mass is 9.95. The molecule has 0 bridgehead atoms. The van der Waals surface area contributed by atoms with Crippen LogP contribution in [0.15, 0.2) is 48.5 Å². The van der Waals surface area contributed by atoms with Crippen LogP contribution in [0.3, 0.4) is 0 Å². The van der Waals surface area contributed by atoms with E-state index in [2.05, 4.69) is 10.6 Å². The largest absolute Gasteiger partial charge is 0.339 e. The van der Waals surface area contributed by atoms with Gasteiger partial charge in [0.25, 0.3) is 5.91 Å². The van der Waals surface area contributed by atoms with Gasteiger partial charge in [-0.25, -0.2) is 4.39 Å². The summed E-state index contributed by atoms with van der Waals surface area (Å²) in [4.78, 5) is 37.9. The first-order valence-electron chi connectivity index (χ1n) is 9.16. The molecule has 1 aliphatic heterocycles. The van der Waals surface area contributed by atoms with Gasteiger partial charge in [-0.05, 0) is 55.3 Å². The Morgan fingerprint density at radius 3 is 2.18 bits per heavy atom. The minimum atomic E-state index is -0.380. The molecule has 0 spiro atoms. The van der Waals surface area contributed by atoms with Gasteiger partial charge in [0.1, 0.15) is 5.82 Å². The lowest BCUT2D eigenvalue weighted by Crippen LogP contribution is -2.41. The second-order valence-corrected chi connectivity index (χ2v) is 6.82. The summed E-state index contributed by atoms with van der Waals surface area (Å²) in [5.41, 5.74) is 1.67. The van der Waals surface area contributed by atoms with Crippen LogP contribution in [0.5, 0.6) is 0 Å². The molecule has 0 aromatic heterocycles. The van der Waals surface area contributed by atoms with E-state index in [0.717, 1.165) is 0 Å². The van der Waals surface area contributed by atoms with Crippen LogP contribution in [0, 0.1) is 11.7 Å². The Bertz CT molecular complexity index is 875. The molecule has 7 heteroatoms. The monoisotopic (exact) mass is 383 g/mol. The van der Waals surface area contributed by atoms with Crippen LogP contribution in [-0.4, -0.2) is 35.7 Å². The van der Waals surface area contributed by atoms with Crippen LogP contribution < -0.4 is 10.6 Å². The van der Waals surface area contributed by atoms with E-state index in [-0.39, 0.29) is 29.5 Å². The predicted octanol–water partition coefficient (Wildman–Crippen LogP) is 3.28. The second kappa shape index (κ2) is 8.65. The molecular formula is C21H22FN3O3. The molecule has 1 heterocycles. The highest BCUT2D eigenvalue weighted by atomic mass is 19.1. The summed E-state index contributed by atoms with van der Waals surface area (Å²) in [6, 6.07) is 12.4. The van der Waals surface area contributed by atoms with Crippen molar-refractivity contribution >= 4 is 29.1 Å². The summed E-state index contributed by atoms with van der Waals surface area (Å²) in [7, 11) is 0. The zero-order chi connectivity index (χ0) is 20.1. The topological polar surface area (TPSA) is 78.5 Å². The van der Waals surface area contributed by atoms with E-state index in [1.807, 2.05) is 0 Å². The van der Waals surface area contributed by atoms with Crippen molar-refractivity contribution in [3.05, 3.63) is 59.9 Å². The highest BCUT2D eigenvalue weighted by Gasteiger charge is 2.28. The highest BCUT2D eigenvalue weighted by Crippen LogP contribution is 2.22. The van der Waals surface area contributed by atoms with Gasteiger partial charge in [-0.2, -0.15) is 0 Å². The Labute approximate surface area is 162 Å². The molecule has 0 aliphatic carbocycles. The minimum Gasteiger partial charge on any atom is -0.339 e. The number of benzene rings is 2. The molecular weight excluding hydrogens is 361 g/mol. The first-order valence-corrected chi connectivity index (χ1v) is 9.16. The zero-order valence-electron chi connectivity index (χ0n) is 15.6. The maximum Gasteiger partial charge on any atom is 0.253 e. The smallest absolute Gasteiger partial charge is 0.253 e. The standard InChI is InChI=1S/C21H22FN3O3/c1-14(26)23-18-3-2-4-19(13-18)24-20(27)15-9-11-25(12-10-15)21(28)16-5-7-17(22)8-6-16/h2-8,13,15H,9-12H2,1H3,(H,23,26)(H,24,27). The van der Waals surface area contributed by atoms with Gasteiger partial charge in [-0.3, -0.25) is 14.4 Å². The molecule has 3 rings (SSSR count). The number of halogens is 1. The molecule has 0 saturated carbocycles. The first kappa shape index (κ1) is 19.5. The Morgan fingerprint density at radius 1 is 0.964 bits per heavy atom. The van der Waals surface area contributed by atoms with Crippen LogP contribution >= 0.6 is 0 Å². The van der Waals surface area contributed by atoms with Crippen molar-refractivity contribution in [3.8, 4) is 0 Å². The van der Waals surface area contributed by atoms with Gasteiger partial charge in [-0.1, -0.05) is 6.07 Å². The number of amides is 3. The van der Waals surface area contributed by atoms with Crippen LogP contribution in [0.1, 0.15) is 30.1 Å². The van der Waals surface area contributed by atoms with Crippen molar-refractivity contribution in [2.45, 2.75) is 19.8 Å². The fraction of sp³-hybridized carbons (Fsp3) is 0.286. The molecule has 0 atom stereocenters. The number of nitrogens with zero attached hydrogens (tertiary/aromatic N) is 1. The van der Waals surface area contributed by atoms with Crippen LogP contribution in [0.2, 0.25) is 0 Å². The second-order valence-electron chi connectivity index (χ2n) is 6.82. The molecule has 1 saturated heterocycles. The van der Waals surface area contributed by atoms with E-state index in [4.69, 9.17) is 0 Å². The Kier molecular flexibility index (Phi) is 6.03. The molecule has 2 N–H and O–H groups in total. The summed E-state index contributed by atoms with van der Waals surface area (Å²) in [6.07, 6.45) is 1.12. The van der Waals surface area contributed by atoms with E-state index in [0.29, 0.717) is 42.9 Å². The van der Waals surface area contributed by atoms with Gasteiger partial charge in [0.05, 0.1) is 0 Å². The van der Waals surface area contributed by atoms with Gasteiger partial charge in [0.15, 0.2) is 0 Å². The van der Waals surface area contributed by atoms with Crippen LogP contribution in [0.25, 0.3) is 0 Å². The van der Waals surface area contributed by atoms with Crippen LogP contribution in [-0.2, 0) is 9.59 Å². The van der Waals surface area contributed by atoms with Crippen molar-refractivity contribution in [2.75, 3.05) is 23.7 Å². The molecule has 28 heavy (non-hydrogen) atoms. The van der Waals surface area contributed by atoms with Gasteiger partial charge in [-0.15, -0.1) is 0 Å². The van der Waals surface area contributed by atoms with Crippen LogP contribution in [0.4, 0.5) is 15.8 Å². The van der Waals surface area contributed by atoms with E-state index in [9.17, 15) is 18.8 Å². The highest BCUT2D eigenvalue weighted by molar-refractivity contribution is 5.96. The fourth-order valence-electron chi connectivity index (χ4n) is 3.24. The summed E-state index contributed by atoms with van der Waals surface area (Å²) in [6.45, 7) is 2.37. The summed E-state index contributed by atoms with van der Waals surface area (Å²) in [5, 5.41) is 5.55. The van der Waals surface area contributed by atoms with Crippen molar-refractivity contribution in [1.29, 1.82) is 0 Å². The predicted molar refractivity (Wildman–Crippen MR) is 104 cm³/mol. The minimum absolute atomic E-state index is 0.103. The third-order valence-electron chi connectivity index (χ3n) is 4.69. The average Bonchev–Trinajstić information content (AvgIpc) is 2.68. The van der Waals surface area contributed by atoms with Gasteiger partial charge in [0, 0.05) is 42.9 Å². The number of carbonyl (C=O) groups excluding carboxylic acids is 3. The summed E-state index contributed by atoms with van der Waals surface area (Å²) < 4.78 is 13.0. The lowest BCUT2D eigenvalue weighted by Gasteiger charge is -2.31. The zero-order valence-corrected chi connectivity index (χ0v) is 15.6. The van der Waals surface area contributed by atoms with E-state index >= 15 is 0 Å². The molecule has 2 aromatic rings. The third-order valence-corrected chi connectivity index (χ3v) is 4.69. The first-order chi connectivity index (χ1) is 13.4. The summed E-state index contributed by atoms with van der Waals surface area (Å²) >= 11 is 0. The Hall–Kier alpha value is -3.22.